The molecular formula is C12H12N4-2. The van der Waals surface area contributed by atoms with Crippen molar-refractivity contribution in [1.82, 2.24) is 0 Å². The largest absolute Gasteiger partial charge is 0.422 e. The lowest BCUT2D eigenvalue weighted by molar-refractivity contribution is 1.20. The van der Waals surface area contributed by atoms with Gasteiger partial charge in [0.15, 0.2) is 0 Å². The van der Waals surface area contributed by atoms with E-state index in [9.17, 15) is 0 Å². The first kappa shape index (κ1) is 12.1. The Bertz CT molecular complexity index is 485. The molecule has 0 amide bonds. The predicted octanol–water partition coefficient (Wildman–Crippen LogP) is 3.67. The molecule has 0 atom stereocenters. The van der Waals surface area contributed by atoms with Crippen LogP contribution in [0.25, 0.3) is 10.8 Å². The van der Waals surface area contributed by atoms with Gasteiger partial charge in [-0.15, -0.1) is 0 Å². The zero-order valence-corrected chi connectivity index (χ0v) is 9.79. The lowest BCUT2D eigenvalue weighted by atomic mass is 9.96. The second-order valence-electron chi connectivity index (χ2n) is 3.62. The Kier molecular flexibility index (Phi) is 3.51. The summed E-state index contributed by atoms with van der Waals surface area (Å²) in [4.78, 5) is 7.57. The summed E-state index contributed by atoms with van der Waals surface area (Å²) < 4.78 is 0. The van der Waals surface area contributed by atoms with Crippen LogP contribution in [0.5, 0.6) is 0 Å². The topological polar surface area (TPSA) is 69.3 Å². The summed E-state index contributed by atoms with van der Waals surface area (Å²) in [6.07, 6.45) is 0. The van der Waals surface area contributed by atoms with Crippen LogP contribution in [0.3, 0.4) is 0 Å². The van der Waals surface area contributed by atoms with Crippen molar-refractivity contribution >= 4 is 23.4 Å². The van der Waals surface area contributed by atoms with Crippen LogP contribution < -0.4 is 0 Å². The fourth-order valence-electron chi connectivity index (χ4n) is 1.75. The summed E-state index contributed by atoms with van der Waals surface area (Å²) >= 11 is 0. The molecule has 0 fully saturated rings. The number of rotatable bonds is 2. The lowest BCUT2D eigenvalue weighted by Crippen LogP contribution is -1.92. The van der Waals surface area contributed by atoms with E-state index in [-0.39, 0.29) is 0 Å². The lowest BCUT2D eigenvalue weighted by Gasteiger charge is -2.20. The van der Waals surface area contributed by atoms with Crippen LogP contribution in [0.2, 0.25) is 0 Å². The highest BCUT2D eigenvalue weighted by Gasteiger charge is 2.07. The maximum Gasteiger partial charge on any atom is -0.0292 e. The monoisotopic (exact) mass is 212 g/mol. The molecule has 0 aliphatic carbocycles. The van der Waals surface area contributed by atoms with E-state index in [2.05, 4.69) is 9.98 Å². The van der Waals surface area contributed by atoms with Crippen LogP contribution in [0.15, 0.2) is 9.98 Å². The van der Waals surface area contributed by atoms with Crippen molar-refractivity contribution in [3.8, 4) is 0 Å². The maximum atomic E-state index is 8.64. The normalized spacial score (nSPS) is 9.25. The molecule has 1 aromatic rings. The van der Waals surface area contributed by atoms with E-state index in [0.29, 0.717) is 11.4 Å². The quantitative estimate of drug-likeness (QED) is 0.671. The third kappa shape index (κ3) is 1.84. The highest BCUT2D eigenvalue weighted by molar-refractivity contribution is 5.74. The molecule has 4 heteroatoms. The van der Waals surface area contributed by atoms with Gasteiger partial charge >= 0.3 is 0 Å². The Balaban J connectivity index is 3.78. The zero-order chi connectivity index (χ0) is 12.3. The number of aliphatic imine (C=N–C) groups is 2. The van der Waals surface area contributed by atoms with Gasteiger partial charge in [0.2, 0.25) is 0 Å². The first-order valence-corrected chi connectivity index (χ1v) is 4.84. The van der Waals surface area contributed by atoms with Crippen LogP contribution in [0, 0.1) is 27.7 Å². The van der Waals surface area contributed by atoms with Crippen molar-refractivity contribution in [3.63, 3.8) is 0 Å². The van der Waals surface area contributed by atoms with E-state index in [1.807, 2.05) is 27.7 Å². The molecule has 0 bridgehead atoms. The van der Waals surface area contributed by atoms with Crippen molar-refractivity contribution in [2.75, 3.05) is 0 Å². The highest BCUT2D eigenvalue weighted by atomic mass is 14.8. The van der Waals surface area contributed by atoms with Gasteiger partial charge in [0, 0.05) is 0 Å². The summed E-state index contributed by atoms with van der Waals surface area (Å²) in [5.74, 6) is 0. The maximum absolute atomic E-state index is 8.64. The Labute approximate surface area is 94.8 Å². The van der Waals surface area contributed by atoms with E-state index >= 15 is 0 Å². The van der Waals surface area contributed by atoms with Gasteiger partial charge in [0.05, 0.1) is 0 Å². The number of nitrogens with zero attached hydrogens (tertiary/aromatic N) is 4. The average Bonchev–Trinajstić information content (AvgIpc) is 2.28. The highest BCUT2D eigenvalue weighted by Crippen LogP contribution is 2.37. The average molecular weight is 212 g/mol. The van der Waals surface area contributed by atoms with Gasteiger partial charge in [-0.3, -0.25) is 0 Å². The van der Waals surface area contributed by atoms with Gasteiger partial charge in [-0.2, -0.15) is 12.0 Å². The van der Waals surface area contributed by atoms with E-state index in [1.165, 1.54) is 0 Å². The first-order valence-electron chi connectivity index (χ1n) is 4.84. The molecule has 4 nitrogen and oxygen atoms in total. The van der Waals surface area contributed by atoms with E-state index < -0.39 is 0 Å². The van der Waals surface area contributed by atoms with E-state index in [0.717, 1.165) is 22.3 Å². The summed E-state index contributed by atoms with van der Waals surface area (Å²) in [5, 5.41) is 17.3. The molecule has 0 aliphatic rings. The number of benzene rings is 1. The van der Waals surface area contributed by atoms with E-state index in [1.54, 1.807) is 12.0 Å². The Morgan fingerprint density at radius 1 is 0.688 bits per heavy atom. The summed E-state index contributed by atoms with van der Waals surface area (Å²) in [6, 6.07) is 3.56. The van der Waals surface area contributed by atoms with Gasteiger partial charge in [-0.25, -0.2) is 0 Å². The fraction of sp³-hybridized carbons (Fsp3) is 0.333. The van der Waals surface area contributed by atoms with Crippen molar-refractivity contribution in [1.29, 1.82) is 0 Å². The van der Waals surface area contributed by atoms with Crippen molar-refractivity contribution in [2.45, 2.75) is 27.7 Å². The summed E-state index contributed by atoms with van der Waals surface area (Å²) in [7, 11) is 0. The number of hydrogen-bond acceptors (Lipinski definition) is 2. The minimum Gasteiger partial charge on any atom is -0.422 e. The molecular weight excluding hydrogens is 200 g/mol. The molecule has 16 heavy (non-hydrogen) atoms. The Morgan fingerprint density at radius 3 is 1.38 bits per heavy atom. The Hall–Kier alpha value is -2.02. The molecule has 1 aromatic carbocycles. The Morgan fingerprint density at radius 2 is 1.06 bits per heavy atom. The molecule has 0 aromatic heterocycles. The van der Waals surface area contributed by atoms with Crippen LogP contribution in [-0.4, -0.2) is 12.0 Å². The molecule has 1 rings (SSSR count). The molecule has 0 radical (unpaired) electrons. The minimum absolute atomic E-state index is 0.625. The van der Waals surface area contributed by atoms with Crippen LogP contribution in [-0.2, 0) is 0 Å². The van der Waals surface area contributed by atoms with Crippen LogP contribution in [0.4, 0.5) is 11.4 Å². The van der Waals surface area contributed by atoms with E-state index in [4.69, 9.17) is 10.8 Å². The minimum atomic E-state index is 0.625. The molecule has 0 saturated carbocycles. The first-order chi connectivity index (χ1) is 7.54. The fourth-order valence-corrected chi connectivity index (χ4v) is 1.75. The third-order valence-corrected chi connectivity index (χ3v) is 2.87. The summed E-state index contributed by atoms with van der Waals surface area (Å²) in [5.41, 5.74) is 4.98. The van der Waals surface area contributed by atoms with Gasteiger partial charge in [-0.1, -0.05) is 0 Å². The molecule has 0 unspecified atom stereocenters. The van der Waals surface area contributed by atoms with Gasteiger partial charge in [0.1, 0.15) is 0 Å². The van der Waals surface area contributed by atoms with Crippen LogP contribution in [0.1, 0.15) is 22.3 Å². The van der Waals surface area contributed by atoms with Crippen molar-refractivity contribution < 1.29 is 0 Å². The van der Waals surface area contributed by atoms with Gasteiger partial charge in [0.25, 0.3) is 0 Å². The molecule has 0 spiro atoms. The second kappa shape index (κ2) is 4.67. The molecule has 0 N–H and O–H groups in total. The number of hydrogen-bond donors (Lipinski definition) is 0. The molecule has 0 saturated heterocycles. The third-order valence-electron chi connectivity index (χ3n) is 2.87. The second-order valence-corrected chi connectivity index (χ2v) is 3.62. The molecule has 82 valence electrons. The van der Waals surface area contributed by atoms with Crippen molar-refractivity contribution in [3.05, 3.63) is 33.1 Å². The smallest absolute Gasteiger partial charge is 0.0292 e. The zero-order valence-electron chi connectivity index (χ0n) is 9.79. The molecule has 0 aliphatic heterocycles. The summed E-state index contributed by atoms with van der Waals surface area (Å²) in [6.45, 7) is 7.60. The predicted molar refractivity (Wildman–Crippen MR) is 66.3 cm³/mol. The van der Waals surface area contributed by atoms with Gasteiger partial charge in [-0.05, 0) is 61.3 Å². The SMILES string of the molecule is Cc1c(C)c(N=C=[N-])c(C)c(N=C=[N-])c1C. The van der Waals surface area contributed by atoms with Crippen molar-refractivity contribution in [2.24, 2.45) is 9.98 Å². The molecule has 0 heterocycles. The van der Waals surface area contributed by atoms with Gasteiger partial charge < -0.3 is 20.8 Å². The standard InChI is InChI=1S/C12H12N4/c1-7-8(2)11(15-5-13)10(4)12(9(7)3)16-6-14/h1-4H3/q-2. The van der Waals surface area contributed by atoms with Crippen LogP contribution >= 0.6 is 0 Å².